The fourth-order valence-corrected chi connectivity index (χ4v) is 2.28. The van der Waals surface area contributed by atoms with E-state index in [1.807, 2.05) is 0 Å². The molecule has 0 radical (unpaired) electrons. The van der Waals surface area contributed by atoms with E-state index < -0.39 is 0 Å². The van der Waals surface area contributed by atoms with Crippen LogP contribution in [0.25, 0.3) is 0 Å². The highest BCUT2D eigenvalue weighted by Gasteiger charge is 2.21. The number of rotatable bonds is 11. The minimum Gasteiger partial charge on any atom is -0.314 e. The Morgan fingerprint density at radius 2 is 1.69 bits per heavy atom. The zero-order valence-corrected chi connectivity index (χ0v) is 11.4. The minimum absolute atomic E-state index is 0.888. The van der Waals surface area contributed by atoms with Crippen LogP contribution in [0.5, 0.6) is 0 Å². The van der Waals surface area contributed by atoms with E-state index in [0.717, 1.165) is 12.0 Å². The van der Waals surface area contributed by atoms with Crippen LogP contribution in [0.4, 0.5) is 0 Å². The molecule has 96 valence electrons. The maximum Gasteiger partial charge on any atom is 0.00683 e. The highest BCUT2D eigenvalue weighted by Crippen LogP contribution is 2.20. The smallest absolute Gasteiger partial charge is 0.00683 e. The molecule has 0 heterocycles. The van der Waals surface area contributed by atoms with Gasteiger partial charge in [0.2, 0.25) is 0 Å². The van der Waals surface area contributed by atoms with Gasteiger partial charge < -0.3 is 5.32 Å². The highest BCUT2D eigenvalue weighted by molar-refractivity contribution is 4.81. The van der Waals surface area contributed by atoms with Crippen LogP contribution >= 0.6 is 0 Å². The molecule has 1 aliphatic rings. The number of hydrogen-bond acceptors (Lipinski definition) is 1. The van der Waals surface area contributed by atoms with Crippen LogP contribution in [-0.4, -0.2) is 12.6 Å². The summed E-state index contributed by atoms with van der Waals surface area (Å²) >= 11 is 0. The molecule has 1 heteroatoms. The van der Waals surface area contributed by atoms with E-state index in [1.54, 1.807) is 0 Å². The number of unbranched alkanes of at least 4 members (excludes halogenated alkanes) is 5. The predicted molar refractivity (Wildman–Crippen MR) is 72.8 cm³/mol. The molecular formula is C15H31N. The first-order chi connectivity index (χ1) is 7.86. The van der Waals surface area contributed by atoms with Crippen molar-refractivity contribution in [3.63, 3.8) is 0 Å². The topological polar surface area (TPSA) is 12.0 Å². The fourth-order valence-electron chi connectivity index (χ4n) is 2.28. The third-order valence-electron chi connectivity index (χ3n) is 3.82. The van der Waals surface area contributed by atoms with Crippen LogP contribution in [0, 0.1) is 5.92 Å². The summed E-state index contributed by atoms with van der Waals surface area (Å²) in [4.78, 5) is 0. The molecule has 1 atom stereocenters. The molecule has 16 heavy (non-hydrogen) atoms. The van der Waals surface area contributed by atoms with Crippen molar-refractivity contribution < 1.29 is 0 Å². The summed E-state index contributed by atoms with van der Waals surface area (Å²) in [6.07, 6.45) is 14.3. The Labute approximate surface area is 102 Å². The van der Waals surface area contributed by atoms with Crippen LogP contribution in [-0.2, 0) is 0 Å². The minimum atomic E-state index is 0.888. The van der Waals surface area contributed by atoms with Crippen molar-refractivity contribution in [2.75, 3.05) is 6.54 Å². The standard InChI is InChI=1S/C15H31N/c1-3-5-6-7-8-9-10-14(4-2)13-16-15-11-12-15/h14-16H,3-13H2,1-2H3. The molecule has 0 spiro atoms. The van der Waals surface area contributed by atoms with E-state index >= 15 is 0 Å². The lowest BCUT2D eigenvalue weighted by molar-refractivity contribution is 0.410. The van der Waals surface area contributed by atoms with Crippen molar-refractivity contribution in [1.29, 1.82) is 0 Å². The first kappa shape index (κ1) is 14.0. The van der Waals surface area contributed by atoms with Gasteiger partial charge in [-0.15, -0.1) is 0 Å². The van der Waals surface area contributed by atoms with Crippen molar-refractivity contribution in [1.82, 2.24) is 5.32 Å². The Hall–Kier alpha value is -0.0400. The molecule has 1 unspecified atom stereocenters. The van der Waals surface area contributed by atoms with E-state index in [0.29, 0.717) is 0 Å². The molecule has 0 amide bonds. The van der Waals surface area contributed by atoms with Crippen molar-refractivity contribution in [3.05, 3.63) is 0 Å². The van der Waals surface area contributed by atoms with Crippen LogP contribution in [0.2, 0.25) is 0 Å². The summed E-state index contributed by atoms with van der Waals surface area (Å²) in [6.45, 7) is 5.91. The Bertz CT molecular complexity index is 152. The molecule has 0 saturated heterocycles. The second-order valence-corrected chi connectivity index (χ2v) is 5.51. The zero-order valence-electron chi connectivity index (χ0n) is 11.4. The van der Waals surface area contributed by atoms with Gasteiger partial charge in [0.1, 0.15) is 0 Å². The van der Waals surface area contributed by atoms with Gasteiger partial charge in [0.25, 0.3) is 0 Å². The molecule has 1 aliphatic carbocycles. The molecule has 0 aliphatic heterocycles. The maximum absolute atomic E-state index is 3.67. The predicted octanol–water partition coefficient (Wildman–Crippen LogP) is 4.52. The van der Waals surface area contributed by atoms with Gasteiger partial charge in [-0.05, 0) is 31.7 Å². The summed E-state index contributed by atoms with van der Waals surface area (Å²) in [5, 5.41) is 3.67. The largest absolute Gasteiger partial charge is 0.314 e. The molecule has 1 fully saturated rings. The molecule has 1 saturated carbocycles. The van der Waals surface area contributed by atoms with Gasteiger partial charge in [-0.2, -0.15) is 0 Å². The van der Waals surface area contributed by atoms with Gasteiger partial charge in [0.05, 0.1) is 0 Å². The Morgan fingerprint density at radius 3 is 2.31 bits per heavy atom. The molecular weight excluding hydrogens is 194 g/mol. The summed E-state index contributed by atoms with van der Waals surface area (Å²) < 4.78 is 0. The molecule has 0 aromatic heterocycles. The number of hydrogen-bond donors (Lipinski definition) is 1. The average molecular weight is 225 g/mol. The lowest BCUT2D eigenvalue weighted by Gasteiger charge is -2.15. The van der Waals surface area contributed by atoms with Gasteiger partial charge in [-0.1, -0.05) is 58.8 Å². The molecule has 1 rings (SSSR count). The van der Waals surface area contributed by atoms with Crippen molar-refractivity contribution in [2.45, 2.75) is 84.1 Å². The average Bonchev–Trinajstić information content (AvgIpc) is 3.11. The van der Waals surface area contributed by atoms with E-state index in [4.69, 9.17) is 0 Å². The summed E-state index contributed by atoms with van der Waals surface area (Å²) in [5.74, 6) is 0.937. The van der Waals surface area contributed by atoms with Crippen LogP contribution in [0.3, 0.4) is 0 Å². The summed E-state index contributed by atoms with van der Waals surface area (Å²) in [5.41, 5.74) is 0. The molecule has 0 aromatic rings. The van der Waals surface area contributed by atoms with Gasteiger partial charge >= 0.3 is 0 Å². The highest BCUT2D eigenvalue weighted by atomic mass is 14.9. The fraction of sp³-hybridized carbons (Fsp3) is 1.00. The third kappa shape index (κ3) is 7.27. The van der Waals surface area contributed by atoms with Gasteiger partial charge in [-0.3, -0.25) is 0 Å². The summed E-state index contributed by atoms with van der Waals surface area (Å²) in [6, 6.07) is 0.888. The lowest BCUT2D eigenvalue weighted by atomic mass is 9.98. The van der Waals surface area contributed by atoms with Crippen molar-refractivity contribution in [2.24, 2.45) is 5.92 Å². The Balaban J connectivity index is 1.87. The zero-order chi connectivity index (χ0) is 11.6. The first-order valence-electron chi connectivity index (χ1n) is 7.60. The third-order valence-corrected chi connectivity index (χ3v) is 3.82. The van der Waals surface area contributed by atoms with E-state index in [2.05, 4.69) is 19.2 Å². The van der Waals surface area contributed by atoms with Crippen LogP contribution in [0.1, 0.15) is 78.1 Å². The second-order valence-electron chi connectivity index (χ2n) is 5.51. The van der Waals surface area contributed by atoms with E-state index in [-0.39, 0.29) is 0 Å². The van der Waals surface area contributed by atoms with E-state index in [1.165, 1.54) is 70.8 Å². The van der Waals surface area contributed by atoms with Crippen LogP contribution < -0.4 is 5.32 Å². The Morgan fingerprint density at radius 1 is 1.00 bits per heavy atom. The second kappa shape index (κ2) is 9.04. The lowest BCUT2D eigenvalue weighted by Crippen LogP contribution is -2.24. The normalized spacial score (nSPS) is 17.6. The van der Waals surface area contributed by atoms with Gasteiger partial charge in [0, 0.05) is 6.04 Å². The van der Waals surface area contributed by atoms with Gasteiger partial charge in [-0.25, -0.2) is 0 Å². The molecule has 0 aromatic carbocycles. The molecule has 1 N–H and O–H groups in total. The molecule has 1 nitrogen and oxygen atoms in total. The Kier molecular flexibility index (Phi) is 7.92. The van der Waals surface area contributed by atoms with E-state index in [9.17, 15) is 0 Å². The first-order valence-corrected chi connectivity index (χ1v) is 7.60. The quantitative estimate of drug-likeness (QED) is 0.510. The summed E-state index contributed by atoms with van der Waals surface area (Å²) in [7, 11) is 0. The maximum atomic E-state index is 3.67. The van der Waals surface area contributed by atoms with Crippen molar-refractivity contribution in [3.8, 4) is 0 Å². The molecule has 0 bridgehead atoms. The number of nitrogens with one attached hydrogen (secondary N) is 1. The van der Waals surface area contributed by atoms with Crippen LogP contribution in [0.15, 0.2) is 0 Å². The monoisotopic (exact) mass is 225 g/mol. The van der Waals surface area contributed by atoms with Gasteiger partial charge in [0.15, 0.2) is 0 Å². The van der Waals surface area contributed by atoms with Crippen molar-refractivity contribution >= 4 is 0 Å². The SMILES string of the molecule is CCCCCCCCC(CC)CNC1CC1.